The van der Waals surface area contributed by atoms with Crippen molar-refractivity contribution in [2.24, 2.45) is 0 Å². The fraction of sp³-hybridized carbons (Fsp3) is 0.133. The third-order valence-electron chi connectivity index (χ3n) is 2.71. The minimum atomic E-state index is -0.519. The summed E-state index contributed by atoms with van der Waals surface area (Å²) in [5.74, 6) is -0.624. The number of hydrogen-bond acceptors (Lipinski definition) is 1. The van der Waals surface area contributed by atoms with Gasteiger partial charge in [0.1, 0.15) is 5.82 Å². The van der Waals surface area contributed by atoms with E-state index in [1.165, 1.54) is 12.1 Å². The Kier molecular flexibility index (Phi) is 4.23. The Morgan fingerprint density at radius 3 is 2.53 bits per heavy atom. The standard InChI is InChI=1S/C15H11Cl2FO/c1-9-4-11(8-12(16)5-9)15(19)7-10-2-3-13(17)14(18)6-10/h2-6,8H,7H2,1H3. The molecule has 0 heterocycles. The van der Waals surface area contributed by atoms with Crippen molar-refractivity contribution < 1.29 is 9.18 Å². The molecule has 0 aliphatic rings. The summed E-state index contributed by atoms with van der Waals surface area (Å²) in [6.07, 6.45) is 0.119. The molecule has 0 fully saturated rings. The normalized spacial score (nSPS) is 10.5. The van der Waals surface area contributed by atoms with Crippen LogP contribution in [0, 0.1) is 12.7 Å². The van der Waals surface area contributed by atoms with Crippen LogP contribution >= 0.6 is 23.2 Å². The lowest BCUT2D eigenvalue weighted by Gasteiger charge is -2.05. The van der Waals surface area contributed by atoms with Crippen LogP contribution in [-0.4, -0.2) is 5.78 Å². The van der Waals surface area contributed by atoms with E-state index in [-0.39, 0.29) is 17.2 Å². The van der Waals surface area contributed by atoms with Gasteiger partial charge in [-0.25, -0.2) is 4.39 Å². The van der Waals surface area contributed by atoms with E-state index >= 15 is 0 Å². The maximum Gasteiger partial charge on any atom is 0.167 e. The van der Waals surface area contributed by atoms with E-state index in [9.17, 15) is 9.18 Å². The molecule has 1 nitrogen and oxygen atoms in total. The molecule has 0 amide bonds. The molecule has 0 N–H and O–H groups in total. The molecule has 2 rings (SSSR count). The van der Waals surface area contributed by atoms with E-state index in [2.05, 4.69) is 0 Å². The number of aryl methyl sites for hydroxylation is 1. The highest BCUT2D eigenvalue weighted by molar-refractivity contribution is 6.31. The molecule has 0 spiro atoms. The van der Waals surface area contributed by atoms with Crippen LogP contribution < -0.4 is 0 Å². The van der Waals surface area contributed by atoms with Gasteiger partial charge in [-0.2, -0.15) is 0 Å². The third kappa shape index (κ3) is 3.55. The van der Waals surface area contributed by atoms with Gasteiger partial charge in [-0.1, -0.05) is 29.3 Å². The zero-order valence-corrected chi connectivity index (χ0v) is 11.7. The fourth-order valence-corrected chi connectivity index (χ4v) is 2.24. The number of ketones is 1. The first kappa shape index (κ1) is 14.0. The third-order valence-corrected chi connectivity index (χ3v) is 3.24. The summed E-state index contributed by atoms with van der Waals surface area (Å²) in [4.78, 5) is 12.1. The molecule has 0 bridgehead atoms. The molecule has 0 saturated carbocycles. The van der Waals surface area contributed by atoms with Gasteiger partial charge in [-0.3, -0.25) is 4.79 Å². The van der Waals surface area contributed by atoms with Crippen LogP contribution in [0.1, 0.15) is 21.5 Å². The molecule has 19 heavy (non-hydrogen) atoms. The zero-order valence-electron chi connectivity index (χ0n) is 10.2. The predicted molar refractivity (Wildman–Crippen MR) is 75.6 cm³/mol. The molecule has 2 aromatic rings. The summed E-state index contributed by atoms with van der Waals surface area (Å²) >= 11 is 11.5. The SMILES string of the molecule is Cc1cc(Cl)cc(C(=O)Cc2ccc(Cl)c(F)c2)c1. The quantitative estimate of drug-likeness (QED) is 0.739. The first-order valence-corrected chi connectivity index (χ1v) is 6.45. The number of carbonyl (C=O) groups excluding carboxylic acids is 1. The van der Waals surface area contributed by atoms with Crippen LogP contribution in [0.4, 0.5) is 4.39 Å². The number of halogens is 3. The van der Waals surface area contributed by atoms with E-state index in [1.807, 2.05) is 6.92 Å². The first-order chi connectivity index (χ1) is 8.95. The summed E-state index contributed by atoms with van der Waals surface area (Å²) in [6.45, 7) is 1.87. The van der Waals surface area contributed by atoms with Crippen molar-refractivity contribution in [3.63, 3.8) is 0 Å². The summed E-state index contributed by atoms with van der Waals surface area (Å²) in [5.41, 5.74) is 2.03. The van der Waals surface area contributed by atoms with Gasteiger partial charge in [-0.15, -0.1) is 0 Å². The number of rotatable bonds is 3. The average molecular weight is 297 g/mol. The van der Waals surface area contributed by atoms with Crippen molar-refractivity contribution in [3.8, 4) is 0 Å². The highest BCUT2D eigenvalue weighted by atomic mass is 35.5. The largest absolute Gasteiger partial charge is 0.294 e. The van der Waals surface area contributed by atoms with Crippen molar-refractivity contribution in [2.75, 3.05) is 0 Å². The molecule has 0 aliphatic heterocycles. The van der Waals surface area contributed by atoms with Gasteiger partial charge in [0, 0.05) is 17.0 Å². The first-order valence-electron chi connectivity index (χ1n) is 5.70. The molecule has 0 aliphatic carbocycles. The Morgan fingerprint density at radius 2 is 1.89 bits per heavy atom. The molecule has 0 radical (unpaired) electrons. The summed E-state index contributed by atoms with van der Waals surface area (Å²) < 4.78 is 13.3. The van der Waals surface area contributed by atoms with E-state index in [4.69, 9.17) is 23.2 Å². The molecule has 2 aromatic carbocycles. The lowest BCUT2D eigenvalue weighted by atomic mass is 10.0. The Bertz CT molecular complexity index is 618. The van der Waals surface area contributed by atoms with E-state index in [1.54, 1.807) is 24.3 Å². The fourth-order valence-electron chi connectivity index (χ4n) is 1.83. The number of Topliss-reactive ketones (excluding diaryl/α,β-unsaturated/α-hetero) is 1. The molecular weight excluding hydrogens is 286 g/mol. The Labute approximate surface area is 121 Å². The van der Waals surface area contributed by atoms with Crippen LogP contribution in [0.5, 0.6) is 0 Å². The summed E-state index contributed by atoms with van der Waals surface area (Å²) in [6, 6.07) is 9.52. The predicted octanol–water partition coefficient (Wildman–Crippen LogP) is 4.87. The van der Waals surface area contributed by atoms with Crippen molar-refractivity contribution >= 4 is 29.0 Å². The van der Waals surface area contributed by atoms with Gasteiger partial charge >= 0.3 is 0 Å². The second kappa shape index (κ2) is 5.72. The summed E-state index contributed by atoms with van der Waals surface area (Å²) in [7, 11) is 0. The van der Waals surface area contributed by atoms with Crippen molar-refractivity contribution in [2.45, 2.75) is 13.3 Å². The number of benzene rings is 2. The highest BCUT2D eigenvalue weighted by Crippen LogP contribution is 2.19. The molecule has 0 atom stereocenters. The van der Waals surface area contributed by atoms with Gasteiger partial charge in [0.15, 0.2) is 5.78 Å². The van der Waals surface area contributed by atoms with E-state index in [0.29, 0.717) is 16.1 Å². The lowest BCUT2D eigenvalue weighted by molar-refractivity contribution is 0.0993. The average Bonchev–Trinajstić information content (AvgIpc) is 2.32. The minimum Gasteiger partial charge on any atom is -0.294 e. The van der Waals surface area contributed by atoms with Crippen LogP contribution in [0.3, 0.4) is 0 Å². The van der Waals surface area contributed by atoms with Crippen LogP contribution in [-0.2, 0) is 6.42 Å². The Morgan fingerprint density at radius 1 is 1.16 bits per heavy atom. The van der Waals surface area contributed by atoms with E-state index < -0.39 is 5.82 Å². The van der Waals surface area contributed by atoms with Gasteiger partial charge in [0.25, 0.3) is 0 Å². The Balaban J connectivity index is 2.22. The maximum absolute atomic E-state index is 13.3. The van der Waals surface area contributed by atoms with E-state index in [0.717, 1.165) is 5.56 Å². The second-order valence-electron chi connectivity index (χ2n) is 4.37. The molecule has 0 saturated heterocycles. The summed E-state index contributed by atoms with van der Waals surface area (Å²) in [5, 5.41) is 0.570. The number of hydrogen-bond donors (Lipinski definition) is 0. The molecule has 0 aromatic heterocycles. The second-order valence-corrected chi connectivity index (χ2v) is 5.21. The van der Waals surface area contributed by atoms with Crippen molar-refractivity contribution in [3.05, 3.63) is 69.0 Å². The topological polar surface area (TPSA) is 17.1 Å². The van der Waals surface area contributed by atoms with Crippen LogP contribution in [0.2, 0.25) is 10.0 Å². The lowest BCUT2D eigenvalue weighted by Crippen LogP contribution is -2.04. The van der Waals surface area contributed by atoms with Gasteiger partial charge < -0.3 is 0 Å². The maximum atomic E-state index is 13.3. The number of carbonyl (C=O) groups is 1. The smallest absolute Gasteiger partial charge is 0.167 e. The molecule has 0 unspecified atom stereocenters. The van der Waals surface area contributed by atoms with Crippen LogP contribution in [0.15, 0.2) is 36.4 Å². The highest BCUT2D eigenvalue weighted by Gasteiger charge is 2.10. The Hall–Kier alpha value is -1.38. The molecule has 98 valence electrons. The zero-order chi connectivity index (χ0) is 14.0. The van der Waals surface area contributed by atoms with Gasteiger partial charge in [0.05, 0.1) is 5.02 Å². The minimum absolute atomic E-state index is 0.0507. The van der Waals surface area contributed by atoms with Gasteiger partial charge in [0.2, 0.25) is 0 Å². The van der Waals surface area contributed by atoms with Crippen molar-refractivity contribution in [1.82, 2.24) is 0 Å². The van der Waals surface area contributed by atoms with Gasteiger partial charge in [-0.05, 0) is 48.4 Å². The molecule has 4 heteroatoms. The van der Waals surface area contributed by atoms with Crippen LogP contribution in [0.25, 0.3) is 0 Å². The molecular formula is C15H11Cl2FO. The van der Waals surface area contributed by atoms with Crippen molar-refractivity contribution in [1.29, 1.82) is 0 Å². The monoisotopic (exact) mass is 296 g/mol.